The summed E-state index contributed by atoms with van der Waals surface area (Å²) in [7, 11) is 0. The quantitative estimate of drug-likeness (QED) is 0.354. The first-order valence-corrected chi connectivity index (χ1v) is 10.4. The van der Waals surface area contributed by atoms with Crippen LogP contribution in [0.3, 0.4) is 0 Å². The molecule has 0 saturated heterocycles. The van der Waals surface area contributed by atoms with Crippen LogP contribution < -0.4 is 5.32 Å². The number of para-hydroxylation sites is 1. The number of hydrogen-bond acceptors (Lipinski definition) is 4. The normalized spacial score (nSPS) is 10.9. The molecule has 0 saturated carbocycles. The molecule has 1 N–H and O–H groups in total. The van der Waals surface area contributed by atoms with E-state index in [4.69, 9.17) is 0 Å². The minimum Gasteiger partial charge on any atom is -0.339 e. The highest BCUT2D eigenvalue weighted by atomic mass is 32.1. The Kier molecular flexibility index (Phi) is 4.54. The van der Waals surface area contributed by atoms with Crippen LogP contribution in [0.5, 0.6) is 0 Å². The number of aryl methyl sites for hydroxylation is 1. The topological polar surface area (TPSA) is 37.8 Å². The fraction of sp³-hybridized carbons (Fsp3) is 0.0400. The highest BCUT2D eigenvalue weighted by Gasteiger charge is 2.14. The molecular weight excluding hydrogens is 374 g/mol. The van der Waals surface area contributed by atoms with Crippen molar-refractivity contribution < 1.29 is 0 Å². The van der Waals surface area contributed by atoms with E-state index in [0.717, 1.165) is 27.3 Å². The van der Waals surface area contributed by atoms with Gasteiger partial charge in [0, 0.05) is 16.6 Å². The van der Waals surface area contributed by atoms with E-state index in [1.165, 1.54) is 22.3 Å². The average molecular weight is 394 g/mol. The fourth-order valence-electron chi connectivity index (χ4n) is 3.50. The van der Waals surface area contributed by atoms with E-state index in [2.05, 4.69) is 88.3 Å². The molecule has 0 amide bonds. The van der Waals surface area contributed by atoms with Crippen molar-refractivity contribution in [1.82, 2.24) is 9.97 Å². The lowest BCUT2D eigenvalue weighted by Crippen LogP contribution is -1.97. The largest absolute Gasteiger partial charge is 0.339 e. The van der Waals surface area contributed by atoms with Gasteiger partial charge in [0.15, 0.2) is 0 Å². The van der Waals surface area contributed by atoms with E-state index in [1.807, 2.05) is 18.2 Å². The molecule has 29 heavy (non-hydrogen) atoms. The van der Waals surface area contributed by atoms with Gasteiger partial charge in [-0.15, -0.1) is 11.3 Å². The highest BCUT2D eigenvalue weighted by molar-refractivity contribution is 7.17. The minimum absolute atomic E-state index is 0.840. The van der Waals surface area contributed by atoms with Gasteiger partial charge in [-0.3, -0.25) is 0 Å². The Morgan fingerprint density at radius 2 is 1.41 bits per heavy atom. The summed E-state index contributed by atoms with van der Waals surface area (Å²) in [6.45, 7) is 2.09. The summed E-state index contributed by atoms with van der Waals surface area (Å²) < 4.78 is 0. The predicted molar refractivity (Wildman–Crippen MR) is 123 cm³/mol. The van der Waals surface area contributed by atoms with Crippen molar-refractivity contribution in [3.8, 4) is 22.3 Å². The van der Waals surface area contributed by atoms with E-state index in [9.17, 15) is 0 Å². The summed E-state index contributed by atoms with van der Waals surface area (Å²) in [5, 5.41) is 6.73. The van der Waals surface area contributed by atoms with Gasteiger partial charge in [-0.25, -0.2) is 9.97 Å². The first kappa shape index (κ1) is 17.6. The maximum atomic E-state index is 4.55. The van der Waals surface area contributed by atoms with E-state index < -0.39 is 0 Å². The van der Waals surface area contributed by atoms with Crippen molar-refractivity contribution in [3.63, 3.8) is 0 Å². The molecule has 0 fully saturated rings. The molecule has 0 aliphatic rings. The molecule has 0 bridgehead atoms. The molecule has 4 heteroatoms. The molecule has 2 heterocycles. The van der Waals surface area contributed by atoms with Gasteiger partial charge in [-0.05, 0) is 35.2 Å². The van der Waals surface area contributed by atoms with Gasteiger partial charge < -0.3 is 5.32 Å². The van der Waals surface area contributed by atoms with Crippen molar-refractivity contribution in [2.75, 3.05) is 5.32 Å². The number of hydrogen-bond donors (Lipinski definition) is 1. The monoisotopic (exact) mass is 393 g/mol. The van der Waals surface area contributed by atoms with Crippen LogP contribution in [0.15, 0.2) is 90.6 Å². The summed E-state index contributed by atoms with van der Waals surface area (Å²) in [5.74, 6) is 0.840. The van der Waals surface area contributed by atoms with Gasteiger partial charge >= 0.3 is 0 Å². The number of nitrogens with zero attached hydrogens (tertiary/aromatic N) is 2. The molecule has 2 aromatic heterocycles. The molecule has 0 unspecified atom stereocenters. The van der Waals surface area contributed by atoms with Crippen LogP contribution in [-0.2, 0) is 0 Å². The highest BCUT2D eigenvalue weighted by Crippen LogP contribution is 2.38. The molecule has 140 valence electrons. The smallest absolute Gasteiger partial charge is 0.143 e. The molecule has 3 nitrogen and oxygen atoms in total. The number of benzene rings is 3. The Labute approximate surface area is 173 Å². The second kappa shape index (κ2) is 7.49. The van der Waals surface area contributed by atoms with E-state index >= 15 is 0 Å². The van der Waals surface area contributed by atoms with Crippen molar-refractivity contribution in [1.29, 1.82) is 0 Å². The van der Waals surface area contributed by atoms with E-state index in [0.29, 0.717) is 0 Å². The van der Waals surface area contributed by atoms with E-state index in [-0.39, 0.29) is 0 Å². The molecule has 3 aromatic carbocycles. The zero-order chi connectivity index (χ0) is 19.6. The van der Waals surface area contributed by atoms with Gasteiger partial charge in [0.25, 0.3) is 0 Å². The molecule has 5 aromatic rings. The lowest BCUT2D eigenvalue weighted by Gasteiger charge is -2.11. The number of thiophene rings is 1. The third-order valence-corrected chi connectivity index (χ3v) is 5.96. The number of anilines is 2. The molecule has 0 radical (unpaired) electrons. The van der Waals surface area contributed by atoms with Crippen LogP contribution in [0.25, 0.3) is 32.5 Å². The maximum Gasteiger partial charge on any atom is 0.143 e. The molecule has 0 spiro atoms. The molecular formula is C25H19N3S. The number of rotatable bonds is 4. The Morgan fingerprint density at radius 1 is 0.724 bits per heavy atom. The first-order chi connectivity index (χ1) is 14.3. The Morgan fingerprint density at radius 3 is 2.21 bits per heavy atom. The Balaban J connectivity index is 1.57. The third-order valence-electron chi connectivity index (χ3n) is 5.07. The number of aromatic nitrogens is 2. The summed E-state index contributed by atoms with van der Waals surface area (Å²) >= 11 is 1.65. The van der Waals surface area contributed by atoms with Crippen LogP contribution in [0.4, 0.5) is 11.5 Å². The third kappa shape index (κ3) is 3.39. The summed E-state index contributed by atoms with van der Waals surface area (Å²) in [4.78, 5) is 10.0. The zero-order valence-electron chi connectivity index (χ0n) is 16.0. The lowest BCUT2D eigenvalue weighted by atomic mass is 10.0. The summed E-state index contributed by atoms with van der Waals surface area (Å²) in [6.07, 6.45) is 1.63. The number of nitrogens with one attached hydrogen (secondary N) is 1. The van der Waals surface area contributed by atoms with Crippen molar-refractivity contribution in [2.45, 2.75) is 6.92 Å². The second-order valence-electron chi connectivity index (χ2n) is 6.94. The predicted octanol–water partition coefficient (Wildman–Crippen LogP) is 7.08. The van der Waals surface area contributed by atoms with Gasteiger partial charge in [-0.1, -0.05) is 72.8 Å². The van der Waals surface area contributed by atoms with Crippen LogP contribution in [0, 0.1) is 6.92 Å². The summed E-state index contributed by atoms with van der Waals surface area (Å²) in [5.41, 5.74) is 7.00. The SMILES string of the molecule is Cc1ccccc1Nc1ncnc2scc(-c3ccc(-c4ccccc4)cc3)c12. The number of fused-ring (bicyclic) bond motifs is 1. The lowest BCUT2D eigenvalue weighted by molar-refractivity contribution is 1.23. The van der Waals surface area contributed by atoms with E-state index in [1.54, 1.807) is 17.7 Å². The van der Waals surface area contributed by atoms with Gasteiger partial charge in [-0.2, -0.15) is 0 Å². The molecule has 0 atom stereocenters. The van der Waals surface area contributed by atoms with Gasteiger partial charge in [0.2, 0.25) is 0 Å². The van der Waals surface area contributed by atoms with Crippen molar-refractivity contribution >= 4 is 33.1 Å². The molecule has 0 aliphatic carbocycles. The maximum absolute atomic E-state index is 4.55. The van der Waals surface area contributed by atoms with Crippen LogP contribution in [-0.4, -0.2) is 9.97 Å². The molecule has 0 aliphatic heterocycles. The van der Waals surface area contributed by atoms with Crippen molar-refractivity contribution in [3.05, 3.63) is 96.1 Å². The van der Waals surface area contributed by atoms with Gasteiger partial charge in [0.1, 0.15) is 17.0 Å². The molecule has 5 rings (SSSR count). The summed E-state index contributed by atoms with van der Waals surface area (Å²) in [6, 6.07) is 27.4. The Hall–Kier alpha value is -3.50. The minimum atomic E-state index is 0.840. The van der Waals surface area contributed by atoms with Crippen LogP contribution in [0.1, 0.15) is 5.56 Å². The van der Waals surface area contributed by atoms with Crippen LogP contribution >= 0.6 is 11.3 Å². The average Bonchev–Trinajstić information content (AvgIpc) is 3.21. The van der Waals surface area contributed by atoms with Gasteiger partial charge in [0.05, 0.1) is 5.39 Å². The first-order valence-electron chi connectivity index (χ1n) is 9.50. The van der Waals surface area contributed by atoms with Crippen molar-refractivity contribution in [2.24, 2.45) is 0 Å². The second-order valence-corrected chi connectivity index (χ2v) is 7.79. The zero-order valence-corrected chi connectivity index (χ0v) is 16.8. The Bertz CT molecular complexity index is 1270. The van der Waals surface area contributed by atoms with Crippen LogP contribution in [0.2, 0.25) is 0 Å². The standard InChI is InChI=1S/C25H19N3S/c1-17-7-5-6-10-22(17)28-24-23-21(15-29-25(23)27-16-26-24)20-13-11-19(12-14-20)18-8-3-2-4-9-18/h2-16H,1H3,(H,26,27,28). The fourth-order valence-corrected chi connectivity index (χ4v) is 4.41.